The number of piperidine rings is 1. The molecule has 1 N–H and O–H groups in total. The summed E-state index contributed by atoms with van der Waals surface area (Å²) < 4.78 is 2.04. The second kappa shape index (κ2) is 7.00. The first kappa shape index (κ1) is 16.4. The molecule has 0 radical (unpaired) electrons. The highest BCUT2D eigenvalue weighted by Crippen LogP contribution is 2.33. The van der Waals surface area contributed by atoms with E-state index in [0.717, 1.165) is 46.4 Å². The van der Waals surface area contributed by atoms with Crippen molar-refractivity contribution < 1.29 is 4.79 Å². The maximum atomic E-state index is 11.9. The van der Waals surface area contributed by atoms with Crippen molar-refractivity contribution in [3.8, 4) is 0 Å². The fraction of sp³-hybridized carbons (Fsp3) is 0.600. The summed E-state index contributed by atoms with van der Waals surface area (Å²) in [6, 6.07) is 0.177. The largest absolute Gasteiger partial charge is 0.353 e. The van der Waals surface area contributed by atoms with Crippen LogP contribution >= 0.6 is 23.1 Å². The van der Waals surface area contributed by atoms with E-state index in [0.29, 0.717) is 0 Å². The van der Waals surface area contributed by atoms with Gasteiger partial charge in [0.15, 0.2) is 15.8 Å². The van der Waals surface area contributed by atoms with Crippen LogP contribution in [0, 0.1) is 5.92 Å². The highest BCUT2D eigenvalue weighted by atomic mass is 32.2. The minimum absolute atomic E-state index is 0.0155. The number of carbonyl (C=O) groups is 1. The summed E-state index contributed by atoms with van der Waals surface area (Å²) in [6.07, 6.45) is 5.66. The van der Waals surface area contributed by atoms with Crippen molar-refractivity contribution in [2.75, 3.05) is 24.2 Å². The summed E-state index contributed by atoms with van der Waals surface area (Å²) in [4.78, 5) is 27.5. The van der Waals surface area contributed by atoms with Crippen molar-refractivity contribution in [1.82, 2.24) is 20.3 Å². The number of anilines is 1. The van der Waals surface area contributed by atoms with E-state index < -0.39 is 0 Å². The lowest BCUT2D eigenvalue weighted by molar-refractivity contribution is -0.124. The van der Waals surface area contributed by atoms with Crippen molar-refractivity contribution in [3.63, 3.8) is 0 Å². The molecule has 1 amide bonds. The number of aromatic nitrogens is 3. The fourth-order valence-corrected chi connectivity index (χ4v) is 4.22. The molecule has 2 aromatic rings. The lowest BCUT2D eigenvalue weighted by Crippen LogP contribution is -2.49. The quantitative estimate of drug-likeness (QED) is 0.854. The zero-order chi connectivity index (χ0) is 16.4. The van der Waals surface area contributed by atoms with Gasteiger partial charge in [-0.2, -0.15) is 0 Å². The van der Waals surface area contributed by atoms with Crippen LogP contribution in [0.15, 0.2) is 10.7 Å². The predicted molar refractivity (Wildman–Crippen MR) is 95.2 cm³/mol. The van der Waals surface area contributed by atoms with Gasteiger partial charge in [0.1, 0.15) is 11.0 Å². The summed E-state index contributed by atoms with van der Waals surface area (Å²) >= 11 is 3.26. The molecule has 124 valence electrons. The SMILES string of the molecule is CSc1nc2ncnc(N3CCCC(NC(=O)C(C)C)C3)c2s1. The molecular formula is C15H21N5OS2. The maximum absolute atomic E-state index is 11.9. The molecule has 0 aliphatic carbocycles. The lowest BCUT2D eigenvalue weighted by Gasteiger charge is -2.34. The summed E-state index contributed by atoms with van der Waals surface area (Å²) in [5.41, 5.74) is 0.762. The normalized spacial score (nSPS) is 18.6. The first-order valence-electron chi connectivity index (χ1n) is 7.79. The Labute approximate surface area is 144 Å². The van der Waals surface area contributed by atoms with Crippen molar-refractivity contribution >= 4 is 45.2 Å². The molecule has 2 aromatic heterocycles. The monoisotopic (exact) mass is 351 g/mol. The van der Waals surface area contributed by atoms with Crippen LogP contribution in [0.2, 0.25) is 0 Å². The molecule has 0 saturated carbocycles. The highest BCUT2D eigenvalue weighted by molar-refractivity contribution is 8.00. The van der Waals surface area contributed by atoms with E-state index in [2.05, 4.69) is 25.2 Å². The number of thiazole rings is 1. The van der Waals surface area contributed by atoms with Crippen LogP contribution < -0.4 is 10.2 Å². The summed E-state index contributed by atoms with van der Waals surface area (Å²) in [5, 5.41) is 3.14. The molecule has 6 nitrogen and oxygen atoms in total. The van der Waals surface area contributed by atoms with Crippen LogP contribution in [-0.4, -0.2) is 46.2 Å². The van der Waals surface area contributed by atoms with Crippen LogP contribution in [0.5, 0.6) is 0 Å². The van der Waals surface area contributed by atoms with Gasteiger partial charge in [-0.05, 0) is 19.1 Å². The van der Waals surface area contributed by atoms with Gasteiger partial charge in [-0.1, -0.05) is 25.6 Å². The lowest BCUT2D eigenvalue weighted by atomic mass is 10.0. The van der Waals surface area contributed by atoms with Gasteiger partial charge >= 0.3 is 0 Å². The zero-order valence-electron chi connectivity index (χ0n) is 13.6. The molecule has 23 heavy (non-hydrogen) atoms. The molecule has 1 saturated heterocycles. The van der Waals surface area contributed by atoms with Crippen molar-refractivity contribution in [1.29, 1.82) is 0 Å². The third-order valence-electron chi connectivity index (χ3n) is 3.92. The number of hydrogen-bond acceptors (Lipinski definition) is 7. The molecule has 1 aliphatic heterocycles. The molecule has 1 fully saturated rings. The number of nitrogens with zero attached hydrogens (tertiary/aromatic N) is 4. The van der Waals surface area contributed by atoms with Gasteiger partial charge in [0.25, 0.3) is 0 Å². The van der Waals surface area contributed by atoms with Gasteiger partial charge < -0.3 is 10.2 Å². The van der Waals surface area contributed by atoms with E-state index in [1.54, 1.807) is 29.4 Å². The predicted octanol–water partition coefficient (Wildman–Crippen LogP) is 2.55. The van der Waals surface area contributed by atoms with Crippen LogP contribution in [0.1, 0.15) is 26.7 Å². The summed E-state index contributed by atoms with van der Waals surface area (Å²) in [7, 11) is 0. The minimum atomic E-state index is 0.0155. The van der Waals surface area contributed by atoms with Gasteiger partial charge in [-0.3, -0.25) is 4.79 Å². The van der Waals surface area contributed by atoms with Gasteiger partial charge in [0.05, 0.1) is 0 Å². The number of amides is 1. The maximum Gasteiger partial charge on any atom is 0.222 e. The Hall–Kier alpha value is -1.41. The van der Waals surface area contributed by atoms with E-state index in [9.17, 15) is 4.79 Å². The Balaban J connectivity index is 1.81. The molecule has 1 unspecified atom stereocenters. The van der Waals surface area contributed by atoms with Gasteiger partial charge in [0.2, 0.25) is 5.91 Å². The summed E-state index contributed by atoms with van der Waals surface area (Å²) in [6.45, 7) is 5.58. The Morgan fingerprint density at radius 1 is 1.48 bits per heavy atom. The third-order valence-corrected chi connectivity index (χ3v) is 5.94. The molecule has 0 spiro atoms. The van der Waals surface area contributed by atoms with Crippen LogP contribution in [0.4, 0.5) is 5.82 Å². The van der Waals surface area contributed by atoms with Gasteiger partial charge in [-0.15, -0.1) is 11.3 Å². The minimum Gasteiger partial charge on any atom is -0.353 e. The van der Waals surface area contributed by atoms with Crippen LogP contribution in [0.25, 0.3) is 10.3 Å². The molecule has 1 aliphatic rings. The average Bonchev–Trinajstić information content (AvgIpc) is 2.98. The number of nitrogens with one attached hydrogen (secondary N) is 1. The molecule has 3 rings (SSSR count). The number of hydrogen-bond donors (Lipinski definition) is 1. The molecule has 0 aromatic carbocycles. The topological polar surface area (TPSA) is 71.0 Å². The van der Waals surface area contributed by atoms with Gasteiger partial charge in [-0.25, -0.2) is 15.0 Å². The van der Waals surface area contributed by atoms with E-state index in [1.807, 2.05) is 20.1 Å². The van der Waals surface area contributed by atoms with Crippen LogP contribution in [0.3, 0.4) is 0 Å². The Bertz CT molecular complexity index is 702. The van der Waals surface area contributed by atoms with Gasteiger partial charge in [0, 0.05) is 25.0 Å². The Kier molecular flexibility index (Phi) is 5.01. The standard InChI is InChI=1S/C15H21N5OS2/c1-9(2)14(21)18-10-5-4-6-20(7-10)13-11-12(16-8-17-13)19-15(22-3)23-11/h8-10H,4-7H2,1-3H3,(H,18,21). The molecule has 8 heteroatoms. The number of fused-ring (bicyclic) bond motifs is 1. The average molecular weight is 352 g/mol. The first-order valence-corrected chi connectivity index (χ1v) is 9.83. The summed E-state index contributed by atoms with van der Waals surface area (Å²) in [5.74, 6) is 1.07. The van der Waals surface area contributed by atoms with E-state index in [4.69, 9.17) is 0 Å². The fourth-order valence-electron chi connectivity index (χ4n) is 2.69. The Morgan fingerprint density at radius 3 is 3.04 bits per heavy atom. The number of rotatable bonds is 4. The van der Waals surface area contributed by atoms with E-state index >= 15 is 0 Å². The van der Waals surface area contributed by atoms with E-state index in [-0.39, 0.29) is 17.9 Å². The smallest absolute Gasteiger partial charge is 0.222 e. The molecule has 0 bridgehead atoms. The van der Waals surface area contributed by atoms with Crippen molar-refractivity contribution in [2.24, 2.45) is 5.92 Å². The second-order valence-electron chi connectivity index (χ2n) is 5.98. The third kappa shape index (κ3) is 3.58. The zero-order valence-corrected chi connectivity index (χ0v) is 15.2. The number of thioether (sulfide) groups is 1. The molecular weight excluding hydrogens is 330 g/mol. The molecule has 3 heterocycles. The number of carbonyl (C=O) groups excluding carboxylic acids is 1. The Morgan fingerprint density at radius 2 is 2.30 bits per heavy atom. The highest BCUT2D eigenvalue weighted by Gasteiger charge is 2.25. The van der Waals surface area contributed by atoms with Crippen LogP contribution in [-0.2, 0) is 4.79 Å². The van der Waals surface area contributed by atoms with Crippen molar-refractivity contribution in [3.05, 3.63) is 6.33 Å². The second-order valence-corrected chi connectivity index (χ2v) is 8.03. The first-order chi connectivity index (χ1) is 11.1. The van der Waals surface area contributed by atoms with Crippen molar-refractivity contribution in [2.45, 2.75) is 37.1 Å². The van der Waals surface area contributed by atoms with E-state index in [1.165, 1.54) is 0 Å². The molecule has 1 atom stereocenters.